The predicted molar refractivity (Wildman–Crippen MR) is 101 cm³/mol. The second-order valence-corrected chi connectivity index (χ2v) is 8.73. The van der Waals surface area contributed by atoms with Crippen LogP contribution in [0.5, 0.6) is 0 Å². The molecule has 4 nitrogen and oxygen atoms in total. The van der Waals surface area contributed by atoms with Gasteiger partial charge in [0.1, 0.15) is 5.78 Å². The van der Waals surface area contributed by atoms with Crippen LogP contribution in [-0.2, 0) is 4.79 Å². The van der Waals surface area contributed by atoms with Crippen LogP contribution in [-0.4, -0.2) is 42.9 Å². The highest BCUT2D eigenvalue weighted by Crippen LogP contribution is 2.44. The predicted octanol–water partition coefficient (Wildman–Crippen LogP) is 3.57. The molecule has 0 radical (unpaired) electrons. The Morgan fingerprint density at radius 3 is 2.08 bits per heavy atom. The first kappa shape index (κ1) is 18.7. The highest BCUT2D eigenvalue weighted by atomic mass is 16.1. The van der Waals surface area contributed by atoms with Gasteiger partial charge in [-0.25, -0.2) is 0 Å². The molecule has 0 amide bonds. The Bertz CT molecular complexity index is 816. The van der Waals surface area contributed by atoms with E-state index in [0.717, 1.165) is 6.54 Å². The quantitative estimate of drug-likeness (QED) is 0.830. The zero-order chi connectivity index (χ0) is 19.2. The Labute approximate surface area is 155 Å². The maximum Gasteiger partial charge on any atom is 0.190 e. The van der Waals surface area contributed by atoms with E-state index >= 15 is 0 Å². The van der Waals surface area contributed by atoms with Crippen molar-refractivity contribution in [2.75, 3.05) is 20.6 Å². The van der Waals surface area contributed by atoms with Crippen molar-refractivity contribution in [1.29, 1.82) is 0 Å². The van der Waals surface area contributed by atoms with Gasteiger partial charge in [-0.15, -0.1) is 0 Å². The third-order valence-corrected chi connectivity index (χ3v) is 5.51. The van der Waals surface area contributed by atoms with Gasteiger partial charge >= 0.3 is 0 Å². The van der Waals surface area contributed by atoms with Crippen LogP contribution in [0.25, 0.3) is 0 Å². The van der Waals surface area contributed by atoms with Crippen molar-refractivity contribution < 1.29 is 14.4 Å². The van der Waals surface area contributed by atoms with Crippen molar-refractivity contribution in [2.24, 2.45) is 17.3 Å². The lowest BCUT2D eigenvalue weighted by atomic mass is 9.65. The van der Waals surface area contributed by atoms with E-state index in [1.807, 2.05) is 14.1 Å². The summed E-state index contributed by atoms with van der Waals surface area (Å²) in [7, 11) is 4.04. The summed E-state index contributed by atoms with van der Waals surface area (Å²) in [6.07, 6.45) is 1.06. The number of carbonyl (C=O) groups is 3. The number of ketones is 3. The van der Waals surface area contributed by atoms with Crippen molar-refractivity contribution in [3.8, 4) is 0 Å². The lowest BCUT2D eigenvalue weighted by Crippen LogP contribution is -2.39. The minimum absolute atomic E-state index is 0.0621. The van der Waals surface area contributed by atoms with Gasteiger partial charge in [-0.3, -0.25) is 14.4 Å². The second kappa shape index (κ2) is 6.58. The van der Waals surface area contributed by atoms with Gasteiger partial charge < -0.3 is 4.90 Å². The summed E-state index contributed by atoms with van der Waals surface area (Å²) in [4.78, 5) is 41.0. The van der Waals surface area contributed by atoms with Gasteiger partial charge in [-0.05, 0) is 31.8 Å². The molecule has 138 valence electrons. The van der Waals surface area contributed by atoms with Crippen molar-refractivity contribution in [1.82, 2.24) is 4.90 Å². The molecule has 0 aromatic heterocycles. The number of allylic oxidation sites excluding steroid dienone is 2. The van der Waals surface area contributed by atoms with Crippen molar-refractivity contribution in [3.63, 3.8) is 0 Å². The van der Waals surface area contributed by atoms with Crippen molar-refractivity contribution in [3.05, 3.63) is 46.5 Å². The lowest BCUT2D eigenvalue weighted by Gasteiger charge is -2.38. The van der Waals surface area contributed by atoms with Gasteiger partial charge in [0.05, 0.1) is 0 Å². The maximum atomic E-state index is 13.2. The summed E-state index contributed by atoms with van der Waals surface area (Å²) in [5.74, 6) is -0.835. The van der Waals surface area contributed by atoms with E-state index in [2.05, 4.69) is 18.7 Å². The molecule has 2 unspecified atom stereocenters. The van der Waals surface area contributed by atoms with E-state index < -0.39 is 5.92 Å². The largest absolute Gasteiger partial charge is 0.309 e. The van der Waals surface area contributed by atoms with Gasteiger partial charge in [0.15, 0.2) is 11.6 Å². The average Bonchev–Trinajstić information content (AvgIpc) is 2.54. The number of Topliss-reactive ketones (excluding diaryl/α,β-unsaturated/α-hetero) is 3. The molecule has 0 N–H and O–H groups in total. The van der Waals surface area contributed by atoms with Gasteiger partial charge in [0.25, 0.3) is 0 Å². The topological polar surface area (TPSA) is 54.5 Å². The van der Waals surface area contributed by atoms with E-state index in [0.29, 0.717) is 35.1 Å². The van der Waals surface area contributed by atoms with Crippen LogP contribution in [0.1, 0.15) is 54.3 Å². The fourth-order valence-electron chi connectivity index (χ4n) is 4.69. The molecule has 2 aliphatic carbocycles. The summed E-state index contributed by atoms with van der Waals surface area (Å²) in [5, 5.41) is 0. The molecule has 0 saturated carbocycles. The zero-order valence-corrected chi connectivity index (χ0v) is 16.3. The maximum absolute atomic E-state index is 13.2. The summed E-state index contributed by atoms with van der Waals surface area (Å²) in [6, 6.07) is 6.97. The van der Waals surface area contributed by atoms with Crippen LogP contribution >= 0.6 is 0 Å². The Kier molecular flexibility index (Phi) is 4.74. The van der Waals surface area contributed by atoms with Crippen molar-refractivity contribution >= 4 is 17.3 Å². The van der Waals surface area contributed by atoms with Crippen LogP contribution < -0.4 is 0 Å². The Balaban J connectivity index is 2.07. The first-order chi connectivity index (χ1) is 12.1. The molecular weight excluding hydrogens is 326 g/mol. The van der Waals surface area contributed by atoms with Crippen LogP contribution in [0.4, 0.5) is 0 Å². The highest BCUT2D eigenvalue weighted by molar-refractivity contribution is 6.29. The molecule has 2 atom stereocenters. The Morgan fingerprint density at radius 2 is 1.54 bits per heavy atom. The second-order valence-electron chi connectivity index (χ2n) is 8.73. The molecule has 1 aromatic carbocycles. The summed E-state index contributed by atoms with van der Waals surface area (Å²) in [5.41, 5.74) is 1.88. The summed E-state index contributed by atoms with van der Waals surface area (Å²) >= 11 is 0. The monoisotopic (exact) mass is 353 g/mol. The number of hydrogen-bond acceptors (Lipinski definition) is 4. The first-order valence-electron chi connectivity index (χ1n) is 9.22. The van der Waals surface area contributed by atoms with Crippen molar-refractivity contribution in [2.45, 2.75) is 33.6 Å². The third-order valence-electron chi connectivity index (χ3n) is 5.51. The molecule has 0 saturated heterocycles. The lowest BCUT2D eigenvalue weighted by molar-refractivity contribution is -0.122. The van der Waals surface area contributed by atoms with E-state index in [9.17, 15) is 14.4 Å². The number of rotatable bonds is 4. The number of hydrogen-bond donors (Lipinski definition) is 0. The Hall–Kier alpha value is -2.07. The van der Waals surface area contributed by atoms with E-state index in [4.69, 9.17) is 0 Å². The minimum atomic E-state index is -0.497. The normalized spacial score (nSPS) is 23.4. The molecule has 2 aliphatic rings. The summed E-state index contributed by atoms with van der Waals surface area (Å²) in [6.45, 7) is 6.92. The molecule has 0 spiro atoms. The van der Waals surface area contributed by atoms with Crippen LogP contribution in [0.3, 0.4) is 0 Å². The van der Waals surface area contributed by atoms with E-state index in [1.165, 1.54) is 0 Å². The van der Waals surface area contributed by atoms with Gasteiger partial charge in [-0.2, -0.15) is 0 Å². The highest BCUT2D eigenvalue weighted by Gasteiger charge is 2.44. The standard InChI is InChI=1S/C22H27NO3/c1-13-17(24)10-14(11-22(2,3)12-23(4)5)19-18(13)20(25)15-8-6-7-9-16(15)21(19)26/h6-9,13-14H,10-12H2,1-5H3. The zero-order valence-electron chi connectivity index (χ0n) is 16.3. The molecular formula is C22H27NO3. The molecule has 0 bridgehead atoms. The SMILES string of the molecule is CC1C(=O)CC(CC(C)(C)CN(C)C)C2=C1C(=O)c1ccccc1C2=O. The van der Waals surface area contributed by atoms with Crippen LogP contribution in [0, 0.1) is 17.3 Å². The van der Waals surface area contributed by atoms with Crippen LogP contribution in [0.15, 0.2) is 35.4 Å². The number of benzene rings is 1. The van der Waals surface area contributed by atoms with Crippen LogP contribution in [0.2, 0.25) is 0 Å². The van der Waals surface area contributed by atoms with E-state index in [1.54, 1.807) is 31.2 Å². The van der Waals surface area contributed by atoms with Gasteiger partial charge in [-0.1, -0.05) is 45.0 Å². The fraction of sp³-hybridized carbons (Fsp3) is 0.500. The number of carbonyl (C=O) groups excluding carboxylic acids is 3. The Morgan fingerprint density at radius 1 is 1.00 bits per heavy atom. The fourth-order valence-corrected chi connectivity index (χ4v) is 4.69. The smallest absolute Gasteiger partial charge is 0.190 e. The molecule has 3 rings (SSSR count). The van der Waals surface area contributed by atoms with E-state index in [-0.39, 0.29) is 28.7 Å². The van der Waals surface area contributed by atoms with Gasteiger partial charge in [0, 0.05) is 41.2 Å². The molecule has 1 aromatic rings. The molecule has 4 heteroatoms. The molecule has 0 heterocycles. The first-order valence-corrected chi connectivity index (χ1v) is 9.22. The summed E-state index contributed by atoms with van der Waals surface area (Å²) < 4.78 is 0. The number of fused-ring (bicyclic) bond motifs is 1. The third kappa shape index (κ3) is 3.18. The minimum Gasteiger partial charge on any atom is -0.309 e. The average molecular weight is 353 g/mol. The molecule has 0 fully saturated rings. The molecule has 0 aliphatic heterocycles. The molecule has 26 heavy (non-hydrogen) atoms. The number of nitrogens with zero attached hydrogens (tertiary/aromatic N) is 1. The van der Waals surface area contributed by atoms with Gasteiger partial charge in [0.2, 0.25) is 0 Å².